The molecule has 0 rings (SSSR count). The topological polar surface area (TPSA) is 114 Å². The number of carbonyl (C=O) groups excluding carboxylic acids is 2. The van der Waals surface area contributed by atoms with Gasteiger partial charge in [-0.3, -0.25) is 14.2 Å². The highest BCUT2D eigenvalue weighted by molar-refractivity contribution is 7.45. The van der Waals surface area contributed by atoms with E-state index in [1.807, 2.05) is 33.3 Å². The highest BCUT2D eigenvalue weighted by atomic mass is 31.2. The van der Waals surface area contributed by atoms with Gasteiger partial charge < -0.3 is 28.5 Å². The van der Waals surface area contributed by atoms with E-state index in [-0.39, 0.29) is 24.9 Å². The molecular weight excluding hydrogens is 1040 g/mol. The summed E-state index contributed by atoms with van der Waals surface area (Å²) in [4.78, 5) is 40.1. The molecule has 0 spiro atoms. The third kappa shape index (κ3) is 61.7. The molecule has 0 heterocycles. The first-order valence-corrected chi connectivity index (χ1v) is 35.9. The van der Waals surface area contributed by atoms with Crippen LogP contribution >= 0.6 is 7.82 Å². The molecule has 0 aromatic heterocycles. The zero-order valence-electron chi connectivity index (χ0n) is 54.4. The summed E-state index contributed by atoms with van der Waals surface area (Å²) in [5.41, 5.74) is 0. The Hall–Kier alpha value is -2.81. The van der Waals surface area contributed by atoms with E-state index in [2.05, 4.69) is 99.0 Å². The first-order valence-electron chi connectivity index (χ1n) is 34.4. The Balaban J connectivity index is 5.12. The lowest BCUT2D eigenvalue weighted by molar-refractivity contribution is -0.870. The Bertz CT molecular complexity index is 1680. The second kappa shape index (κ2) is 61.3. The van der Waals surface area contributed by atoms with Crippen molar-refractivity contribution in [1.82, 2.24) is 5.32 Å². The first kappa shape index (κ1) is 79.2. The molecule has 0 saturated heterocycles. The molecule has 0 aliphatic carbocycles. The summed E-state index contributed by atoms with van der Waals surface area (Å²) >= 11 is 0. The van der Waals surface area contributed by atoms with Gasteiger partial charge in [-0.25, -0.2) is 0 Å². The molecule has 82 heavy (non-hydrogen) atoms. The van der Waals surface area contributed by atoms with Crippen molar-refractivity contribution in [3.05, 3.63) is 85.1 Å². The van der Waals surface area contributed by atoms with Crippen LogP contribution in [0.5, 0.6) is 0 Å². The number of hydrogen-bond acceptors (Lipinski definition) is 7. The van der Waals surface area contributed by atoms with Crippen molar-refractivity contribution < 1.29 is 37.3 Å². The van der Waals surface area contributed by atoms with Gasteiger partial charge in [0.15, 0.2) is 0 Å². The van der Waals surface area contributed by atoms with E-state index in [9.17, 15) is 19.0 Å². The lowest BCUT2D eigenvalue weighted by atomic mass is 10.0. The van der Waals surface area contributed by atoms with Crippen LogP contribution in [-0.2, 0) is 27.9 Å². The van der Waals surface area contributed by atoms with Crippen LogP contribution < -0.4 is 10.2 Å². The van der Waals surface area contributed by atoms with Crippen molar-refractivity contribution in [2.45, 2.75) is 322 Å². The van der Waals surface area contributed by atoms with E-state index in [4.69, 9.17) is 13.8 Å². The molecule has 0 saturated carbocycles. The largest absolute Gasteiger partial charge is 0.756 e. The minimum absolute atomic E-state index is 0.0262. The van der Waals surface area contributed by atoms with Crippen LogP contribution in [0.3, 0.4) is 0 Å². The monoisotopic (exact) mass is 1170 g/mol. The van der Waals surface area contributed by atoms with E-state index in [0.717, 1.165) is 103 Å². The van der Waals surface area contributed by atoms with Crippen LogP contribution in [0.1, 0.15) is 310 Å². The minimum Gasteiger partial charge on any atom is -0.756 e. The second-order valence-corrected chi connectivity index (χ2v) is 25.7. The predicted molar refractivity (Wildman–Crippen MR) is 353 cm³/mol. The Kier molecular flexibility index (Phi) is 59.2. The van der Waals surface area contributed by atoms with Crippen LogP contribution in [0.25, 0.3) is 0 Å². The molecule has 0 bridgehead atoms. The van der Waals surface area contributed by atoms with Crippen LogP contribution in [0.2, 0.25) is 0 Å². The summed E-state index contributed by atoms with van der Waals surface area (Å²) in [6.07, 6.45) is 81.2. The molecular formula is C72H131N2O7P. The Morgan fingerprint density at radius 3 is 1.18 bits per heavy atom. The summed E-state index contributed by atoms with van der Waals surface area (Å²) in [6.45, 7) is 6.74. The zero-order valence-corrected chi connectivity index (χ0v) is 55.3. The van der Waals surface area contributed by atoms with Gasteiger partial charge in [-0.1, -0.05) is 280 Å². The fourth-order valence-electron chi connectivity index (χ4n) is 9.78. The molecule has 3 atom stereocenters. The summed E-state index contributed by atoms with van der Waals surface area (Å²) in [6, 6.07) is -0.897. The van der Waals surface area contributed by atoms with Crippen LogP contribution in [0, 0.1) is 0 Å². The van der Waals surface area contributed by atoms with Crippen molar-refractivity contribution in [3.8, 4) is 0 Å². The van der Waals surface area contributed by atoms with Crippen molar-refractivity contribution >= 4 is 19.7 Å². The van der Waals surface area contributed by atoms with Crippen molar-refractivity contribution in [2.75, 3.05) is 40.9 Å². The number of ether oxygens (including phenoxy) is 1. The number of phosphoric acid groups is 1. The number of nitrogens with one attached hydrogen (secondary N) is 1. The molecule has 0 aliphatic heterocycles. The maximum Gasteiger partial charge on any atom is 0.306 e. The van der Waals surface area contributed by atoms with Crippen LogP contribution in [-0.4, -0.2) is 69.4 Å². The smallest absolute Gasteiger partial charge is 0.306 e. The lowest BCUT2D eigenvalue weighted by Gasteiger charge is -2.30. The maximum atomic E-state index is 13.6. The Morgan fingerprint density at radius 2 is 0.780 bits per heavy atom. The van der Waals surface area contributed by atoms with E-state index in [1.54, 1.807) is 0 Å². The number of phosphoric ester groups is 1. The normalized spacial score (nSPS) is 14.1. The third-order valence-electron chi connectivity index (χ3n) is 15.1. The van der Waals surface area contributed by atoms with Gasteiger partial charge in [0.2, 0.25) is 5.91 Å². The molecule has 10 heteroatoms. The van der Waals surface area contributed by atoms with Gasteiger partial charge in [-0.2, -0.15) is 0 Å². The number of nitrogens with zero attached hydrogens (tertiary/aromatic N) is 1. The summed E-state index contributed by atoms with van der Waals surface area (Å²) in [5.74, 6) is -0.545. The number of rotatable bonds is 62. The molecule has 0 aliphatic rings. The first-order chi connectivity index (χ1) is 39.9. The number of esters is 1. The second-order valence-electron chi connectivity index (χ2n) is 24.3. The van der Waals surface area contributed by atoms with Crippen LogP contribution in [0.15, 0.2) is 85.1 Å². The van der Waals surface area contributed by atoms with Crippen molar-refractivity contribution in [1.29, 1.82) is 0 Å². The molecule has 0 fully saturated rings. The maximum absolute atomic E-state index is 13.6. The number of unbranched alkanes of at least 4 members (excludes halogenated alkanes) is 34. The third-order valence-corrected chi connectivity index (χ3v) is 16.0. The molecule has 1 N–H and O–H groups in total. The predicted octanol–water partition coefficient (Wildman–Crippen LogP) is 21.1. The summed E-state index contributed by atoms with van der Waals surface area (Å²) in [5, 5.41) is 3.04. The highest BCUT2D eigenvalue weighted by Gasteiger charge is 2.27. The molecule has 0 aromatic rings. The van der Waals surface area contributed by atoms with Gasteiger partial charge in [0.05, 0.1) is 33.8 Å². The SMILES string of the molecule is CC/C=C\C/C=C\C/C=C\C/C=C\C/C=C\CCCCCCCCCCCC(=O)NC(COP(=O)([O-])OCC[N+](C)(C)C)C(/C=C\CCCCCCCCCCCC)OC(=O)CCCCCCCCCCC/C=C/CCCCCCCC. The number of amides is 1. The fraction of sp³-hybridized carbons (Fsp3) is 0.778. The minimum atomic E-state index is -4.71. The molecule has 0 aromatic carbocycles. The Morgan fingerprint density at radius 1 is 0.439 bits per heavy atom. The average molecular weight is 1170 g/mol. The van der Waals surface area contributed by atoms with E-state index in [0.29, 0.717) is 17.4 Å². The van der Waals surface area contributed by atoms with Gasteiger partial charge >= 0.3 is 5.97 Å². The molecule has 476 valence electrons. The number of carbonyl (C=O) groups is 2. The molecule has 3 unspecified atom stereocenters. The summed E-state index contributed by atoms with van der Waals surface area (Å²) in [7, 11) is 1.18. The number of quaternary nitrogens is 1. The standard InChI is InChI=1S/C72H131N2O7P/c1-7-10-13-16-19-22-25-28-30-32-34-35-36-37-38-39-41-42-44-46-49-52-55-58-61-64-71(75)73-69(68-80-82(77,78)79-67-66-74(4,5)6)70(63-60-57-54-51-48-27-24-21-18-15-12-9-3)81-72(76)65-62-59-56-53-50-47-45-43-40-33-31-29-26-23-20-17-14-11-8-2/h10,13,19,22,28-31,34-35,37-38,60,63,69-70H,7-9,11-12,14-18,20-21,23-27,32-33,36,39-59,61-62,64-68H2,1-6H3,(H-,73,75,77,78)/b13-10-,22-19-,30-28-,31-29+,35-34-,38-37-,63-60-. The zero-order chi connectivity index (χ0) is 60.0. The number of allylic oxidation sites excluding steroid dienone is 13. The van der Waals surface area contributed by atoms with E-state index >= 15 is 0 Å². The lowest BCUT2D eigenvalue weighted by Crippen LogP contribution is -2.47. The van der Waals surface area contributed by atoms with Crippen LogP contribution in [0.4, 0.5) is 0 Å². The number of hydrogen-bond donors (Lipinski definition) is 1. The molecule has 9 nitrogen and oxygen atoms in total. The molecule has 0 radical (unpaired) electrons. The van der Waals surface area contributed by atoms with E-state index < -0.39 is 26.6 Å². The van der Waals surface area contributed by atoms with Gasteiger partial charge in [-0.05, 0) is 102 Å². The molecule has 1 amide bonds. The van der Waals surface area contributed by atoms with Gasteiger partial charge in [0.25, 0.3) is 7.82 Å². The van der Waals surface area contributed by atoms with Crippen molar-refractivity contribution in [3.63, 3.8) is 0 Å². The fourth-order valence-corrected chi connectivity index (χ4v) is 10.5. The van der Waals surface area contributed by atoms with Gasteiger partial charge in [0.1, 0.15) is 19.3 Å². The highest BCUT2D eigenvalue weighted by Crippen LogP contribution is 2.38. The number of likely N-dealkylation sites (N-methyl/N-ethyl adjacent to an activating group) is 1. The van der Waals surface area contributed by atoms with Gasteiger partial charge in [0, 0.05) is 12.8 Å². The van der Waals surface area contributed by atoms with Gasteiger partial charge in [-0.15, -0.1) is 0 Å². The Labute approximate surface area is 507 Å². The average Bonchev–Trinajstić information content (AvgIpc) is 3.44. The van der Waals surface area contributed by atoms with E-state index in [1.165, 1.54) is 173 Å². The summed E-state index contributed by atoms with van der Waals surface area (Å²) < 4.78 is 30.4. The van der Waals surface area contributed by atoms with Crippen molar-refractivity contribution in [2.24, 2.45) is 0 Å². The quantitative estimate of drug-likeness (QED) is 0.0212.